The van der Waals surface area contributed by atoms with E-state index in [2.05, 4.69) is 15.0 Å². The first-order valence-electron chi connectivity index (χ1n) is 7.51. The average Bonchev–Trinajstić information content (AvgIpc) is 3.10. The Hall–Kier alpha value is -3.00. The molecule has 0 aliphatic carbocycles. The monoisotopic (exact) mass is 376 g/mol. The van der Waals surface area contributed by atoms with E-state index in [4.69, 9.17) is 4.74 Å². The van der Waals surface area contributed by atoms with Crippen molar-refractivity contribution in [3.8, 4) is 22.8 Å². The van der Waals surface area contributed by atoms with Crippen molar-refractivity contribution in [2.45, 2.75) is 6.61 Å². The van der Waals surface area contributed by atoms with Gasteiger partial charge in [0.15, 0.2) is 5.13 Å². The summed E-state index contributed by atoms with van der Waals surface area (Å²) in [6.45, 7) is -2.90. The van der Waals surface area contributed by atoms with Crippen LogP contribution in [0.5, 0.6) is 11.5 Å². The summed E-state index contributed by atoms with van der Waals surface area (Å²) in [6, 6.07) is 12.8. The molecule has 0 unspecified atom stereocenters. The van der Waals surface area contributed by atoms with Crippen LogP contribution in [0.4, 0.5) is 13.9 Å². The van der Waals surface area contributed by atoms with Crippen molar-refractivity contribution in [1.82, 2.24) is 4.98 Å². The zero-order valence-electron chi connectivity index (χ0n) is 13.6. The summed E-state index contributed by atoms with van der Waals surface area (Å²) in [5.74, 6) is 0.355. The summed E-state index contributed by atoms with van der Waals surface area (Å²) in [7, 11) is 1.59. The van der Waals surface area contributed by atoms with Gasteiger partial charge in [0.05, 0.1) is 12.8 Å². The van der Waals surface area contributed by atoms with Crippen LogP contribution in [0.3, 0.4) is 0 Å². The van der Waals surface area contributed by atoms with Gasteiger partial charge in [-0.05, 0) is 48.5 Å². The first-order valence-corrected chi connectivity index (χ1v) is 8.39. The molecule has 1 aromatic heterocycles. The number of halogens is 2. The Morgan fingerprint density at radius 1 is 1.08 bits per heavy atom. The number of ether oxygens (including phenoxy) is 2. The average molecular weight is 376 g/mol. The molecule has 0 saturated heterocycles. The zero-order chi connectivity index (χ0) is 18.5. The molecule has 0 aliphatic heterocycles. The molecule has 2 aromatic carbocycles. The van der Waals surface area contributed by atoms with Gasteiger partial charge in [-0.3, -0.25) is 10.1 Å². The van der Waals surface area contributed by atoms with E-state index in [0.29, 0.717) is 10.7 Å². The Kier molecular flexibility index (Phi) is 5.43. The van der Waals surface area contributed by atoms with Crippen LogP contribution < -0.4 is 14.8 Å². The van der Waals surface area contributed by atoms with Gasteiger partial charge < -0.3 is 9.47 Å². The van der Waals surface area contributed by atoms with Crippen LogP contribution in [0.1, 0.15) is 10.4 Å². The van der Waals surface area contributed by atoms with Gasteiger partial charge in [-0.25, -0.2) is 4.98 Å². The highest BCUT2D eigenvalue weighted by Crippen LogP contribution is 2.27. The number of nitrogens with zero attached hydrogens (tertiary/aromatic N) is 1. The van der Waals surface area contributed by atoms with Gasteiger partial charge in [0, 0.05) is 16.5 Å². The topological polar surface area (TPSA) is 60.5 Å². The summed E-state index contributed by atoms with van der Waals surface area (Å²) < 4.78 is 33.6. The third kappa shape index (κ3) is 4.34. The number of amides is 1. The minimum atomic E-state index is -2.90. The molecule has 3 rings (SSSR count). The summed E-state index contributed by atoms with van der Waals surface area (Å²) in [5, 5.41) is 4.95. The number of carbonyl (C=O) groups is 1. The Labute approximate surface area is 152 Å². The Bertz CT molecular complexity index is 880. The van der Waals surface area contributed by atoms with Crippen molar-refractivity contribution in [3.05, 3.63) is 59.5 Å². The highest BCUT2D eigenvalue weighted by molar-refractivity contribution is 7.14. The number of rotatable bonds is 6. The first-order chi connectivity index (χ1) is 12.5. The van der Waals surface area contributed by atoms with Gasteiger partial charge >= 0.3 is 6.61 Å². The van der Waals surface area contributed by atoms with Gasteiger partial charge in [-0.15, -0.1) is 11.3 Å². The van der Waals surface area contributed by atoms with E-state index in [-0.39, 0.29) is 11.7 Å². The van der Waals surface area contributed by atoms with Gasteiger partial charge in [0.1, 0.15) is 11.5 Å². The third-order valence-corrected chi connectivity index (χ3v) is 4.21. The molecule has 5 nitrogen and oxygen atoms in total. The van der Waals surface area contributed by atoms with Crippen molar-refractivity contribution in [2.24, 2.45) is 0 Å². The van der Waals surface area contributed by atoms with Gasteiger partial charge in [-0.1, -0.05) is 0 Å². The van der Waals surface area contributed by atoms with Gasteiger partial charge in [-0.2, -0.15) is 8.78 Å². The van der Waals surface area contributed by atoms with E-state index in [9.17, 15) is 13.6 Å². The van der Waals surface area contributed by atoms with E-state index >= 15 is 0 Å². The molecule has 0 bridgehead atoms. The number of anilines is 1. The van der Waals surface area contributed by atoms with Crippen molar-refractivity contribution >= 4 is 22.4 Å². The van der Waals surface area contributed by atoms with Gasteiger partial charge in [0.25, 0.3) is 5.91 Å². The lowest BCUT2D eigenvalue weighted by atomic mass is 10.2. The second-order valence-electron chi connectivity index (χ2n) is 5.12. The predicted octanol–water partition coefficient (Wildman–Crippen LogP) is 4.67. The summed E-state index contributed by atoms with van der Waals surface area (Å²) >= 11 is 1.29. The number of aromatic nitrogens is 1. The smallest absolute Gasteiger partial charge is 0.387 e. The molecule has 0 fully saturated rings. The van der Waals surface area contributed by atoms with E-state index in [0.717, 1.165) is 17.0 Å². The van der Waals surface area contributed by atoms with Crippen molar-refractivity contribution in [1.29, 1.82) is 0 Å². The second kappa shape index (κ2) is 7.92. The molecule has 0 aliphatic rings. The summed E-state index contributed by atoms with van der Waals surface area (Å²) in [6.07, 6.45) is 0. The molecule has 0 radical (unpaired) electrons. The van der Waals surface area contributed by atoms with E-state index in [1.807, 2.05) is 29.6 Å². The third-order valence-electron chi connectivity index (χ3n) is 3.45. The molecule has 1 heterocycles. The van der Waals surface area contributed by atoms with E-state index < -0.39 is 6.61 Å². The van der Waals surface area contributed by atoms with Crippen molar-refractivity contribution in [3.63, 3.8) is 0 Å². The highest BCUT2D eigenvalue weighted by atomic mass is 32.1. The Morgan fingerprint density at radius 3 is 2.35 bits per heavy atom. The lowest BCUT2D eigenvalue weighted by Crippen LogP contribution is -2.11. The molecule has 0 spiro atoms. The lowest BCUT2D eigenvalue weighted by molar-refractivity contribution is -0.0498. The molecule has 3 aromatic rings. The van der Waals surface area contributed by atoms with Crippen LogP contribution in [0.15, 0.2) is 53.9 Å². The quantitative estimate of drug-likeness (QED) is 0.679. The number of alkyl halides is 2. The van der Waals surface area contributed by atoms with Crippen LogP contribution in [0, 0.1) is 0 Å². The van der Waals surface area contributed by atoms with Crippen LogP contribution in [0.2, 0.25) is 0 Å². The molecule has 1 N–H and O–H groups in total. The Balaban J connectivity index is 1.67. The molecule has 1 amide bonds. The fraction of sp³-hybridized carbons (Fsp3) is 0.111. The van der Waals surface area contributed by atoms with E-state index in [1.165, 1.54) is 35.6 Å². The molecular weight excluding hydrogens is 362 g/mol. The maximum atomic E-state index is 12.2. The predicted molar refractivity (Wildman–Crippen MR) is 95.1 cm³/mol. The molecule has 8 heteroatoms. The minimum Gasteiger partial charge on any atom is -0.497 e. The fourth-order valence-corrected chi connectivity index (χ4v) is 2.90. The number of hydrogen-bond donors (Lipinski definition) is 1. The molecule has 0 saturated carbocycles. The van der Waals surface area contributed by atoms with Crippen LogP contribution in [0.25, 0.3) is 11.3 Å². The first kappa shape index (κ1) is 17.8. The maximum Gasteiger partial charge on any atom is 0.387 e. The molecule has 134 valence electrons. The summed E-state index contributed by atoms with van der Waals surface area (Å²) in [5.41, 5.74) is 1.94. The number of carbonyl (C=O) groups excluding carboxylic acids is 1. The minimum absolute atomic E-state index is 0.00686. The normalized spacial score (nSPS) is 10.6. The fourth-order valence-electron chi connectivity index (χ4n) is 2.18. The second-order valence-corrected chi connectivity index (χ2v) is 5.98. The lowest BCUT2D eigenvalue weighted by Gasteiger charge is -2.05. The molecule has 0 atom stereocenters. The van der Waals surface area contributed by atoms with E-state index in [1.54, 1.807) is 7.11 Å². The van der Waals surface area contributed by atoms with Crippen LogP contribution >= 0.6 is 11.3 Å². The van der Waals surface area contributed by atoms with Crippen molar-refractivity contribution in [2.75, 3.05) is 12.4 Å². The Morgan fingerprint density at radius 2 is 1.73 bits per heavy atom. The van der Waals surface area contributed by atoms with Crippen LogP contribution in [-0.4, -0.2) is 24.6 Å². The maximum absolute atomic E-state index is 12.2. The number of hydrogen-bond acceptors (Lipinski definition) is 5. The summed E-state index contributed by atoms with van der Waals surface area (Å²) in [4.78, 5) is 16.6. The SMILES string of the molecule is COc1ccc(-c2csc(NC(=O)c3ccc(OC(F)F)cc3)n2)cc1. The molecule has 26 heavy (non-hydrogen) atoms. The number of benzene rings is 2. The van der Waals surface area contributed by atoms with Gasteiger partial charge in [0.2, 0.25) is 0 Å². The largest absolute Gasteiger partial charge is 0.497 e. The number of methoxy groups -OCH3 is 1. The highest BCUT2D eigenvalue weighted by Gasteiger charge is 2.11. The van der Waals surface area contributed by atoms with Crippen LogP contribution in [-0.2, 0) is 0 Å². The molecular formula is C18H14F2N2O3S. The van der Waals surface area contributed by atoms with Crippen molar-refractivity contribution < 1.29 is 23.0 Å². The number of nitrogens with one attached hydrogen (secondary N) is 1. The number of thiazole rings is 1. The standard InChI is InChI=1S/C18H14F2N2O3S/c1-24-13-6-2-11(3-7-13)15-10-26-18(21-15)22-16(23)12-4-8-14(9-5-12)25-17(19)20/h2-10,17H,1H3,(H,21,22,23). The zero-order valence-corrected chi connectivity index (χ0v) is 14.4.